The minimum Gasteiger partial charge on any atom is -0.334 e. The number of hydrogen-bond donors (Lipinski definition) is 2. The average Bonchev–Trinajstić information content (AvgIpc) is 2.52. The highest BCUT2D eigenvalue weighted by Crippen LogP contribution is 2.10. The molecule has 0 atom stereocenters. The molecule has 0 aliphatic heterocycles. The summed E-state index contributed by atoms with van der Waals surface area (Å²) in [5.74, 6) is 0. The van der Waals surface area contributed by atoms with Crippen molar-refractivity contribution in [2.45, 2.75) is 19.6 Å². The number of urea groups is 1. The molecule has 0 saturated carbocycles. The second-order valence-corrected chi connectivity index (χ2v) is 6.16. The quantitative estimate of drug-likeness (QED) is 0.852. The molecule has 2 aromatic rings. The van der Waals surface area contributed by atoms with Gasteiger partial charge in [0.1, 0.15) is 0 Å². The fourth-order valence-electron chi connectivity index (χ4n) is 2.20. The zero-order chi connectivity index (χ0) is 16.7. The molecule has 2 aromatic carbocycles. The summed E-state index contributed by atoms with van der Waals surface area (Å²) >= 11 is 5.91. The van der Waals surface area contributed by atoms with Crippen LogP contribution in [0.2, 0.25) is 5.02 Å². The van der Waals surface area contributed by atoms with Crippen molar-refractivity contribution >= 4 is 17.6 Å². The van der Waals surface area contributed by atoms with E-state index in [2.05, 4.69) is 27.7 Å². The third-order valence-electron chi connectivity index (χ3n) is 3.32. The van der Waals surface area contributed by atoms with E-state index >= 15 is 0 Å². The van der Waals surface area contributed by atoms with Gasteiger partial charge in [0, 0.05) is 24.7 Å². The molecule has 0 saturated heterocycles. The highest BCUT2D eigenvalue weighted by molar-refractivity contribution is 6.30. The van der Waals surface area contributed by atoms with Crippen LogP contribution in [-0.4, -0.2) is 25.0 Å². The molecular formula is C18H22ClN3O. The van der Waals surface area contributed by atoms with Crippen molar-refractivity contribution in [3.63, 3.8) is 0 Å². The van der Waals surface area contributed by atoms with E-state index in [1.165, 1.54) is 5.56 Å². The normalized spacial score (nSPS) is 10.6. The zero-order valence-corrected chi connectivity index (χ0v) is 14.2. The predicted octanol–water partition coefficient (Wildman–Crippen LogP) is 3.40. The second kappa shape index (κ2) is 8.56. The number of hydrogen-bond acceptors (Lipinski definition) is 2. The molecular weight excluding hydrogens is 310 g/mol. The molecule has 0 bridgehead atoms. The van der Waals surface area contributed by atoms with Gasteiger partial charge in [0.2, 0.25) is 0 Å². The van der Waals surface area contributed by atoms with Gasteiger partial charge in [0.05, 0.1) is 0 Å². The molecule has 2 N–H and O–H groups in total. The second-order valence-electron chi connectivity index (χ2n) is 5.72. The van der Waals surface area contributed by atoms with Crippen LogP contribution >= 0.6 is 11.6 Å². The molecule has 0 aliphatic rings. The first-order chi connectivity index (χ1) is 11.0. The van der Waals surface area contributed by atoms with Crippen LogP contribution in [-0.2, 0) is 19.6 Å². The van der Waals surface area contributed by atoms with Crippen LogP contribution in [0.4, 0.5) is 4.79 Å². The molecule has 2 rings (SSSR count). The van der Waals surface area contributed by atoms with Crippen LogP contribution in [0.3, 0.4) is 0 Å². The van der Waals surface area contributed by atoms with Crippen molar-refractivity contribution in [3.8, 4) is 0 Å². The molecule has 23 heavy (non-hydrogen) atoms. The Hall–Kier alpha value is -2.04. The van der Waals surface area contributed by atoms with Crippen LogP contribution in [0.1, 0.15) is 16.7 Å². The largest absolute Gasteiger partial charge is 0.334 e. The topological polar surface area (TPSA) is 44.4 Å². The van der Waals surface area contributed by atoms with Gasteiger partial charge in [0.15, 0.2) is 0 Å². The number of benzene rings is 2. The van der Waals surface area contributed by atoms with E-state index in [-0.39, 0.29) is 6.03 Å². The van der Waals surface area contributed by atoms with E-state index in [1.54, 1.807) is 0 Å². The lowest BCUT2D eigenvalue weighted by atomic mass is 10.1. The van der Waals surface area contributed by atoms with E-state index in [9.17, 15) is 4.79 Å². The minimum absolute atomic E-state index is 0.192. The van der Waals surface area contributed by atoms with Crippen molar-refractivity contribution < 1.29 is 4.79 Å². The Morgan fingerprint density at radius 2 is 1.57 bits per heavy atom. The lowest BCUT2D eigenvalue weighted by Crippen LogP contribution is -2.34. The van der Waals surface area contributed by atoms with Crippen LogP contribution in [0, 0.1) is 0 Å². The van der Waals surface area contributed by atoms with Gasteiger partial charge >= 0.3 is 6.03 Å². The summed E-state index contributed by atoms with van der Waals surface area (Å²) in [5, 5.41) is 6.34. The number of halogens is 1. The fourth-order valence-corrected chi connectivity index (χ4v) is 2.41. The highest BCUT2D eigenvalue weighted by atomic mass is 35.5. The standard InChI is InChI=1S/C18H22ClN3O/c1-22(2)13-15-8-6-14(7-9-15)11-20-18(23)21-12-16-4-3-5-17(19)10-16/h3-10H,11-13H2,1-2H3,(H2,20,21,23). The van der Waals surface area contributed by atoms with Crippen LogP contribution in [0.15, 0.2) is 48.5 Å². The molecule has 0 aromatic heterocycles. The van der Waals surface area contributed by atoms with Crippen molar-refractivity contribution in [3.05, 3.63) is 70.2 Å². The SMILES string of the molecule is CN(C)Cc1ccc(CNC(=O)NCc2cccc(Cl)c2)cc1. The van der Waals surface area contributed by atoms with Crippen LogP contribution in [0.5, 0.6) is 0 Å². The summed E-state index contributed by atoms with van der Waals surface area (Å²) in [6.45, 7) is 1.87. The molecule has 2 amide bonds. The predicted molar refractivity (Wildman–Crippen MR) is 94.4 cm³/mol. The molecule has 5 heteroatoms. The van der Waals surface area contributed by atoms with Gasteiger partial charge in [-0.25, -0.2) is 4.79 Å². The van der Waals surface area contributed by atoms with Crippen LogP contribution < -0.4 is 10.6 Å². The Morgan fingerprint density at radius 3 is 2.17 bits per heavy atom. The van der Waals surface area contributed by atoms with E-state index in [1.807, 2.05) is 50.5 Å². The first kappa shape index (κ1) is 17.3. The summed E-state index contributed by atoms with van der Waals surface area (Å²) in [6.07, 6.45) is 0. The summed E-state index contributed by atoms with van der Waals surface area (Å²) in [7, 11) is 4.08. The van der Waals surface area contributed by atoms with Gasteiger partial charge in [-0.05, 0) is 42.9 Å². The number of carbonyl (C=O) groups excluding carboxylic acids is 1. The summed E-state index contributed by atoms with van der Waals surface area (Å²) in [4.78, 5) is 13.9. The Morgan fingerprint density at radius 1 is 0.957 bits per heavy atom. The van der Waals surface area contributed by atoms with Crippen LogP contribution in [0.25, 0.3) is 0 Å². The summed E-state index contributed by atoms with van der Waals surface area (Å²) in [6, 6.07) is 15.5. The molecule has 0 fully saturated rings. The van der Waals surface area contributed by atoms with E-state index in [4.69, 9.17) is 11.6 Å². The maximum atomic E-state index is 11.8. The number of amides is 2. The summed E-state index contributed by atoms with van der Waals surface area (Å²) < 4.78 is 0. The lowest BCUT2D eigenvalue weighted by molar-refractivity contribution is 0.240. The van der Waals surface area contributed by atoms with E-state index in [0.717, 1.165) is 17.7 Å². The van der Waals surface area contributed by atoms with Crippen molar-refractivity contribution in [2.24, 2.45) is 0 Å². The third kappa shape index (κ3) is 6.30. The fraction of sp³-hybridized carbons (Fsp3) is 0.278. The molecule has 0 spiro atoms. The van der Waals surface area contributed by atoms with Gasteiger partial charge in [0.25, 0.3) is 0 Å². The van der Waals surface area contributed by atoms with Crippen molar-refractivity contribution in [2.75, 3.05) is 14.1 Å². The van der Waals surface area contributed by atoms with E-state index < -0.39 is 0 Å². The lowest BCUT2D eigenvalue weighted by Gasteiger charge is -2.11. The Kier molecular flexibility index (Phi) is 6.44. The Bertz CT molecular complexity index is 641. The average molecular weight is 332 g/mol. The van der Waals surface area contributed by atoms with Gasteiger partial charge in [-0.3, -0.25) is 0 Å². The molecule has 0 unspecified atom stereocenters. The maximum absolute atomic E-state index is 11.8. The first-order valence-corrected chi connectivity index (χ1v) is 7.89. The number of nitrogens with zero attached hydrogens (tertiary/aromatic N) is 1. The zero-order valence-electron chi connectivity index (χ0n) is 13.5. The molecule has 0 radical (unpaired) electrons. The molecule has 4 nitrogen and oxygen atoms in total. The molecule has 0 heterocycles. The Labute approximate surface area is 142 Å². The number of nitrogens with one attached hydrogen (secondary N) is 2. The smallest absolute Gasteiger partial charge is 0.315 e. The molecule has 0 aliphatic carbocycles. The third-order valence-corrected chi connectivity index (χ3v) is 3.55. The summed E-state index contributed by atoms with van der Waals surface area (Å²) in [5.41, 5.74) is 3.30. The number of rotatable bonds is 6. The molecule has 122 valence electrons. The number of carbonyl (C=O) groups is 1. The van der Waals surface area contributed by atoms with Gasteiger partial charge < -0.3 is 15.5 Å². The highest BCUT2D eigenvalue weighted by Gasteiger charge is 2.02. The van der Waals surface area contributed by atoms with Gasteiger partial charge in [-0.1, -0.05) is 48.0 Å². The van der Waals surface area contributed by atoms with Gasteiger partial charge in [-0.2, -0.15) is 0 Å². The van der Waals surface area contributed by atoms with Crippen molar-refractivity contribution in [1.82, 2.24) is 15.5 Å². The maximum Gasteiger partial charge on any atom is 0.315 e. The first-order valence-electron chi connectivity index (χ1n) is 7.51. The monoisotopic (exact) mass is 331 g/mol. The Balaban J connectivity index is 1.75. The minimum atomic E-state index is -0.192. The van der Waals surface area contributed by atoms with Gasteiger partial charge in [-0.15, -0.1) is 0 Å². The van der Waals surface area contributed by atoms with Crippen molar-refractivity contribution in [1.29, 1.82) is 0 Å². The van der Waals surface area contributed by atoms with E-state index in [0.29, 0.717) is 18.1 Å².